The van der Waals surface area contributed by atoms with E-state index in [4.69, 9.17) is 25.7 Å². The lowest BCUT2D eigenvalue weighted by molar-refractivity contribution is -0.122. The lowest BCUT2D eigenvalue weighted by atomic mass is 10.0. The number of carbonyl (C=O) groups excluding carboxylic acids is 3. The van der Waals surface area contributed by atoms with Crippen molar-refractivity contribution in [2.24, 2.45) is 11.7 Å². The largest absolute Gasteiger partial charge is 0.497 e. The molecule has 3 rings (SSSR count). The molecule has 0 spiro atoms. The normalized spacial score (nSPS) is 11.6. The van der Waals surface area contributed by atoms with E-state index in [9.17, 15) is 14.4 Å². The monoisotopic (exact) mass is 569 g/mol. The van der Waals surface area contributed by atoms with Gasteiger partial charge in [0, 0.05) is 12.6 Å². The Morgan fingerprint density at radius 2 is 1.73 bits per heavy atom. The van der Waals surface area contributed by atoms with Crippen LogP contribution in [-0.4, -0.2) is 49.5 Å². The van der Waals surface area contributed by atoms with Crippen LogP contribution in [0.2, 0.25) is 0 Å². The van der Waals surface area contributed by atoms with Gasteiger partial charge in [-0.2, -0.15) is 4.37 Å². The van der Waals surface area contributed by atoms with Gasteiger partial charge in [-0.25, -0.2) is 0 Å². The number of aromatic nitrogens is 1. The molecular weight excluding hydrogens is 534 g/mol. The van der Waals surface area contributed by atoms with Gasteiger partial charge < -0.3 is 31.0 Å². The quantitative estimate of drug-likeness (QED) is 0.280. The van der Waals surface area contributed by atoms with Crippen LogP contribution in [0, 0.1) is 5.92 Å². The number of anilines is 2. The zero-order valence-corrected chi connectivity index (χ0v) is 24.0. The van der Waals surface area contributed by atoms with Crippen molar-refractivity contribution >= 4 is 40.6 Å². The Morgan fingerprint density at radius 1 is 1.05 bits per heavy atom. The van der Waals surface area contributed by atoms with E-state index in [1.54, 1.807) is 42.5 Å². The summed E-state index contributed by atoms with van der Waals surface area (Å²) in [6, 6.07) is 10.6. The summed E-state index contributed by atoms with van der Waals surface area (Å²) in [7, 11) is 2.94. The van der Waals surface area contributed by atoms with Crippen LogP contribution in [0.5, 0.6) is 17.2 Å². The molecule has 0 fully saturated rings. The predicted octanol–water partition coefficient (Wildman–Crippen LogP) is 3.79. The second-order valence-electron chi connectivity index (χ2n) is 9.23. The first-order valence-electron chi connectivity index (χ1n) is 12.7. The minimum atomic E-state index is -1.17. The topological polar surface area (TPSA) is 159 Å². The van der Waals surface area contributed by atoms with Gasteiger partial charge in [0.1, 0.15) is 28.2 Å². The molecule has 2 aromatic carbocycles. The van der Waals surface area contributed by atoms with E-state index in [1.807, 2.05) is 6.92 Å². The van der Waals surface area contributed by atoms with Gasteiger partial charge in [-0.15, -0.1) is 0 Å². The summed E-state index contributed by atoms with van der Waals surface area (Å²) in [5, 5.41) is 2.96. The number of nitrogen functional groups attached to an aromatic ring is 1. The molecule has 0 aliphatic heterocycles. The van der Waals surface area contributed by atoms with Crippen molar-refractivity contribution < 1.29 is 28.6 Å². The number of hydrogen-bond donors (Lipinski definition) is 3. The van der Waals surface area contributed by atoms with E-state index in [1.165, 1.54) is 19.1 Å². The first kappa shape index (κ1) is 30.2. The number of rotatable bonds is 13. The van der Waals surface area contributed by atoms with Crippen molar-refractivity contribution in [3.8, 4) is 17.2 Å². The molecule has 1 aromatic heterocycles. The summed E-state index contributed by atoms with van der Waals surface area (Å²) >= 11 is 0.723. The molecule has 1 atom stereocenters. The van der Waals surface area contributed by atoms with Crippen LogP contribution in [0.3, 0.4) is 0 Å². The zero-order chi connectivity index (χ0) is 29.4. The molecule has 3 amide bonds. The Bertz CT molecular complexity index is 1340. The number of ether oxygens (including phenoxy) is 3. The third kappa shape index (κ3) is 6.81. The molecule has 0 radical (unpaired) electrons. The van der Waals surface area contributed by atoms with Crippen molar-refractivity contribution in [1.29, 1.82) is 0 Å². The number of nitrogens with two attached hydrogens (primary N) is 2. The Hall–Kier alpha value is -4.32. The van der Waals surface area contributed by atoms with Crippen LogP contribution < -0.4 is 35.9 Å². The summed E-state index contributed by atoms with van der Waals surface area (Å²) < 4.78 is 20.6. The highest BCUT2D eigenvalue weighted by Gasteiger charge is 2.37. The summed E-state index contributed by atoms with van der Waals surface area (Å²) in [5.41, 5.74) is 11.9. The van der Waals surface area contributed by atoms with E-state index in [-0.39, 0.29) is 21.9 Å². The Kier molecular flexibility index (Phi) is 10.3. The number of amides is 3. The van der Waals surface area contributed by atoms with Crippen molar-refractivity contribution in [2.75, 3.05) is 38.0 Å². The van der Waals surface area contributed by atoms with Gasteiger partial charge in [-0.1, -0.05) is 26.0 Å². The standard InChI is InChI=1S/C28H35N5O6S/c1-6-39-18-9-7-17(8-10-18)24(27(35)31-14-13-16(2)3)33(20-15-19(37-4)11-12-21(20)38-5)28(36)25-22(29)23(26(30)34)32-40-25/h7-12,15-16,24H,6,13-14,29H2,1-5H3,(H2,30,34)(H,31,35). The average molecular weight is 570 g/mol. The molecule has 5 N–H and O–H groups in total. The first-order chi connectivity index (χ1) is 19.1. The second-order valence-corrected chi connectivity index (χ2v) is 10.0. The molecule has 1 unspecified atom stereocenters. The van der Waals surface area contributed by atoms with Gasteiger partial charge in [0.2, 0.25) is 5.91 Å². The molecule has 0 saturated carbocycles. The highest BCUT2D eigenvalue weighted by molar-refractivity contribution is 7.09. The van der Waals surface area contributed by atoms with E-state index < -0.39 is 23.8 Å². The smallest absolute Gasteiger partial charge is 0.273 e. The Labute approximate surface area is 237 Å². The van der Waals surface area contributed by atoms with Gasteiger partial charge in [-0.3, -0.25) is 19.3 Å². The first-order valence-corrected chi connectivity index (χ1v) is 13.5. The molecule has 12 heteroatoms. The minimum Gasteiger partial charge on any atom is -0.497 e. The molecule has 0 saturated heterocycles. The Balaban J connectivity index is 2.26. The lowest BCUT2D eigenvalue weighted by Gasteiger charge is -2.32. The number of carbonyl (C=O) groups is 3. The van der Waals surface area contributed by atoms with E-state index in [0.717, 1.165) is 18.0 Å². The fraction of sp³-hybridized carbons (Fsp3) is 0.357. The summed E-state index contributed by atoms with van der Waals surface area (Å²) in [5.74, 6) is -0.279. The number of hydrogen-bond acceptors (Lipinski definition) is 9. The lowest BCUT2D eigenvalue weighted by Crippen LogP contribution is -2.44. The molecular formula is C28H35N5O6S. The molecule has 0 aliphatic rings. The summed E-state index contributed by atoms with van der Waals surface area (Å²) in [4.78, 5) is 41.3. The zero-order valence-electron chi connectivity index (χ0n) is 23.2. The fourth-order valence-corrected chi connectivity index (χ4v) is 4.74. The Morgan fingerprint density at radius 3 is 2.27 bits per heavy atom. The highest BCUT2D eigenvalue weighted by atomic mass is 32.1. The molecule has 0 aliphatic carbocycles. The van der Waals surface area contributed by atoms with Crippen LogP contribution in [0.25, 0.3) is 0 Å². The SMILES string of the molecule is CCOc1ccc(C(C(=O)NCCC(C)C)N(C(=O)c2snc(C(N)=O)c2N)c2cc(OC)ccc2OC)cc1. The molecule has 11 nitrogen and oxygen atoms in total. The van der Waals surface area contributed by atoms with E-state index >= 15 is 0 Å². The molecule has 3 aromatic rings. The number of primary amides is 1. The highest BCUT2D eigenvalue weighted by Crippen LogP contribution is 2.40. The molecule has 1 heterocycles. The fourth-order valence-electron chi connectivity index (χ4n) is 4.00. The summed E-state index contributed by atoms with van der Waals surface area (Å²) in [6.07, 6.45) is 0.738. The third-order valence-electron chi connectivity index (χ3n) is 6.05. The maximum atomic E-state index is 14.3. The van der Waals surface area contributed by atoms with Crippen molar-refractivity contribution in [2.45, 2.75) is 33.2 Å². The molecule has 40 heavy (non-hydrogen) atoms. The van der Waals surface area contributed by atoms with E-state index in [2.05, 4.69) is 23.5 Å². The maximum Gasteiger partial charge on any atom is 0.273 e. The predicted molar refractivity (Wildman–Crippen MR) is 154 cm³/mol. The van der Waals surface area contributed by atoms with Gasteiger partial charge in [-0.05, 0) is 60.6 Å². The molecule has 0 bridgehead atoms. The van der Waals surface area contributed by atoms with Crippen LogP contribution in [-0.2, 0) is 4.79 Å². The van der Waals surface area contributed by atoms with Gasteiger partial charge in [0.05, 0.1) is 32.2 Å². The van der Waals surface area contributed by atoms with Crippen molar-refractivity contribution in [3.05, 3.63) is 58.6 Å². The van der Waals surface area contributed by atoms with Crippen molar-refractivity contribution in [3.63, 3.8) is 0 Å². The van der Waals surface area contributed by atoms with Crippen LogP contribution in [0.15, 0.2) is 42.5 Å². The van der Waals surface area contributed by atoms with Crippen LogP contribution in [0.1, 0.15) is 59.0 Å². The number of benzene rings is 2. The minimum absolute atomic E-state index is 0.0513. The van der Waals surface area contributed by atoms with Crippen LogP contribution >= 0.6 is 11.5 Å². The second kappa shape index (κ2) is 13.7. The summed E-state index contributed by atoms with van der Waals surface area (Å²) in [6.45, 7) is 6.84. The van der Waals surface area contributed by atoms with Gasteiger partial charge in [0.15, 0.2) is 5.69 Å². The van der Waals surface area contributed by atoms with Crippen LogP contribution in [0.4, 0.5) is 11.4 Å². The number of nitrogens with one attached hydrogen (secondary N) is 1. The van der Waals surface area contributed by atoms with Crippen molar-refractivity contribution in [1.82, 2.24) is 9.69 Å². The third-order valence-corrected chi connectivity index (χ3v) is 6.91. The number of methoxy groups -OCH3 is 2. The van der Waals surface area contributed by atoms with Gasteiger partial charge in [0.25, 0.3) is 11.8 Å². The van der Waals surface area contributed by atoms with E-state index in [0.29, 0.717) is 41.9 Å². The maximum absolute atomic E-state index is 14.3. The molecule has 214 valence electrons. The van der Waals surface area contributed by atoms with Gasteiger partial charge >= 0.3 is 0 Å². The number of nitrogens with zero attached hydrogens (tertiary/aromatic N) is 2. The average Bonchev–Trinajstić information content (AvgIpc) is 3.33.